The van der Waals surface area contributed by atoms with Gasteiger partial charge < -0.3 is 10.6 Å². The van der Waals surface area contributed by atoms with Crippen molar-refractivity contribution in [2.24, 2.45) is 0 Å². The van der Waals surface area contributed by atoms with Crippen LogP contribution in [0.2, 0.25) is 0 Å². The number of para-hydroxylation sites is 1. The number of nitrogens with one attached hydrogen (secondary N) is 2. The summed E-state index contributed by atoms with van der Waals surface area (Å²) < 4.78 is -0.277. The highest BCUT2D eigenvalue weighted by Gasteiger charge is 2.46. The fraction of sp³-hybridized carbons (Fsp3) is 0.105. The summed E-state index contributed by atoms with van der Waals surface area (Å²) in [5, 5.41) is 7.95. The van der Waals surface area contributed by atoms with Crippen molar-refractivity contribution in [2.75, 3.05) is 10.6 Å². The summed E-state index contributed by atoms with van der Waals surface area (Å²) in [6.07, 6.45) is 0. The molecule has 0 saturated carbocycles. The van der Waals surface area contributed by atoms with E-state index in [1.807, 2.05) is 53.9 Å². The van der Waals surface area contributed by atoms with Crippen LogP contribution in [0.15, 0.2) is 63.3 Å². The van der Waals surface area contributed by atoms with E-state index >= 15 is 0 Å². The first-order chi connectivity index (χ1) is 13.0. The molecule has 1 atom stereocenters. The molecular formula is C19H14BrN3O2S2. The van der Waals surface area contributed by atoms with Crippen molar-refractivity contribution in [3.8, 4) is 11.3 Å². The summed E-state index contributed by atoms with van der Waals surface area (Å²) in [6.45, 7) is 1.63. The number of fused-ring (bicyclic) bond motifs is 1. The molecular weight excluding hydrogens is 446 g/mol. The molecule has 1 aliphatic heterocycles. The Bertz CT molecular complexity index is 1040. The van der Waals surface area contributed by atoms with Crippen LogP contribution in [0, 0.1) is 0 Å². The van der Waals surface area contributed by atoms with Crippen LogP contribution in [0.4, 0.5) is 10.8 Å². The van der Waals surface area contributed by atoms with Crippen LogP contribution in [0.25, 0.3) is 11.3 Å². The number of carbonyl (C=O) groups excluding carboxylic acids is 2. The second-order valence-corrected chi connectivity index (χ2v) is 9.32. The Labute approximate surface area is 172 Å². The summed E-state index contributed by atoms with van der Waals surface area (Å²) in [7, 11) is 0. The lowest BCUT2D eigenvalue weighted by atomic mass is 10.1. The molecule has 4 rings (SSSR count). The van der Waals surface area contributed by atoms with Crippen LogP contribution in [0.3, 0.4) is 0 Å². The zero-order valence-electron chi connectivity index (χ0n) is 14.2. The first kappa shape index (κ1) is 18.2. The lowest BCUT2D eigenvalue weighted by molar-refractivity contribution is -0.126. The van der Waals surface area contributed by atoms with Gasteiger partial charge in [-0.2, -0.15) is 0 Å². The van der Waals surface area contributed by atoms with E-state index in [1.54, 1.807) is 6.92 Å². The van der Waals surface area contributed by atoms with Crippen molar-refractivity contribution in [1.29, 1.82) is 0 Å². The number of amides is 2. The van der Waals surface area contributed by atoms with Gasteiger partial charge in [0.25, 0.3) is 5.91 Å². The Hall–Kier alpha value is -2.16. The Morgan fingerprint density at radius 3 is 2.70 bits per heavy atom. The summed E-state index contributed by atoms with van der Waals surface area (Å²) in [6, 6.07) is 15.2. The average Bonchev–Trinajstić information content (AvgIpc) is 3.11. The predicted octanol–water partition coefficient (Wildman–Crippen LogP) is 5.01. The summed E-state index contributed by atoms with van der Waals surface area (Å²) in [5.74, 6) is -0.732. The summed E-state index contributed by atoms with van der Waals surface area (Å²) >= 11 is 5.99. The van der Waals surface area contributed by atoms with Crippen molar-refractivity contribution in [3.05, 3.63) is 58.4 Å². The van der Waals surface area contributed by atoms with Crippen LogP contribution >= 0.6 is 39.0 Å². The number of thioether (sulfide) groups is 1. The minimum Gasteiger partial charge on any atom is -0.323 e. The molecule has 1 unspecified atom stereocenters. The standard InChI is InChI=1S/C19H14BrN3O2S2/c1-19(16(24)21-13-4-2-3-5-15(13)27-19)17(25)23-18-22-14(10-26-18)11-6-8-12(20)9-7-11/h2-10H,1H3,(H,21,24)(H,22,23,25). The van der Waals surface area contributed by atoms with Crippen LogP contribution in [0.5, 0.6) is 0 Å². The molecule has 0 saturated heterocycles. The Morgan fingerprint density at radius 1 is 1.19 bits per heavy atom. The Kier molecular flexibility index (Phi) is 4.79. The number of rotatable bonds is 3. The van der Waals surface area contributed by atoms with Crippen molar-refractivity contribution in [1.82, 2.24) is 4.98 Å². The third-order valence-electron chi connectivity index (χ3n) is 4.18. The molecule has 2 amide bonds. The molecule has 2 aromatic carbocycles. The van der Waals surface area contributed by atoms with Crippen LogP contribution in [-0.4, -0.2) is 21.5 Å². The number of anilines is 2. The number of halogens is 1. The Morgan fingerprint density at radius 2 is 1.93 bits per heavy atom. The molecule has 1 aliphatic rings. The Balaban J connectivity index is 1.54. The van der Waals surface area contributed by atoms with Crippen molar-refractivity contribution < 1.29 is 9.59 Å². The van der Waals surface area contributed by atoms with Crippen LogP contribution < -0.4 is 10.6 Å². The van der Waals surface area contributed by atoms with E-state index in [1.165, 1.54) is 23.1 Å². The van der Waals surface area contributed by atoms with Gasteiger partial charge in [-0.1, -0.05) is 52.0 Å². The SMILES string of the molecule is CC1(C(=O)Nc2nc(-c3ccc(Br)cc3)cs2)Sc2ccccc2NC1=O. The molecule has 5 nitrogen and oxygen atoms in total. The molecule has 136 valence electrons. The minimum atomic E-state index is -1.27. The number of carbonyl (C=O) groups is 2. The van der Waals surface area contributed by atoms with Gasteiger partial charge in [0.05, 0.1) is 11.4 Å². The maximum Gasteiger partial charge on any atom is 0.252 e. The molecule has 0 fully saturated rings. The minimum absolute atomic E-state index is 0.339. The van der Waals surface area contributed by atoms with E-state index in [2.05, 4.69) is 31.5 Å². The lowest BCUT2D eigenvalue weighted by Crippen LogP contribution is -2.49. The van der Waals surface area contributed by atoms with Crippen LogP contribution in [-0.2, 0) is 9.59 Å². The molecule has 3 aromatic rings. The van der Waals surface area contributed by atoms with Gasteiger partial charge in [-0.05, 0) is 31.2 Å². The third-order valence-corrected chi connectivity index (χ3v) is 6.82. The monoisotopic (exact) mass is 459 g/mol. The van der Waals surface area contributed by atoms with E-state index in [9.17, 15) is 9.59 Å². The van der Waals surface area contributed by atoms with Gasteiger partial charge in [-0.3, -0.25) is 9.59 Å². The molecule has 1 aromatic heterocycles. The first-order valence-corrected chi connectivity index (χ1v) is 10.6. The summed E-state index contributed by atoms with van der Waals surface area (Å²) in [5.41, 5.74) is 2.46. The molecule has 8 heteroatoms. The van der Waals surface area contributed by atoms with Crippen molar-refractivity contribution in [3.63, 3.8) is 0 Å². The van der Waals surface area contributed by atoms with Gasteiger partial charge >= 0.3 is 0 Å². The molecule has 2 heterocycles. The largest absolute Gasteiger partial charge is 0.323 e. The predicted molar refractivity (Wildman–Crippen MR) is 113 cm³/mol. The highest BCUT2D eigenvalue weighted by Crippen LogP contribution is 2.43. The number of nitrogens with zero attached hydrogens (tertiary/aromatic N) is 1. The van der Waals surface area contributed by atoms with Gasteiger partial charge in [0.2, 0.25) is 5.91 Å². The number of benzene rings is 2. The maximum absolute atomic E-state index is 12.9. The van der Waals surface area contributed by atoms with E-state index in [0.717, 1.165) is 26.3 Å². The van der Waals surface area contributed by atoms with E-state index in [4.69, 9.17) is 0 Å². The zero-order chi connectivity index (χ0) is 19.0. The average molecular weight is 460 g/mol. The number of hydrogen-bond donors (Lipinski definition) is 2. The molecule has 0 aliphatic carbocycles. The zero-order valence-corrected chi connectivity index (χ0v) is 17.4. The van der Waals surface area contributed by atoms with Crippen LogP contribution in [0.1, 0.15) is 6.92 Å². The van der Waals surface area contributed by atoms with E-state index < -0.39 is 10.7 Å². The second kappa shape index (κ2) is 7.10. The van der Waals surface area contributed by atoms with Gasteiger partial charge in [0.15, 0.2) is 9.88 Å². The molecule has 0 radical (unpaired) electrons. The maximum atomic E-state index is 12.9. The summed E-state index contributed by atoms with van der Waals surface area (Å²) in [4.78, 5) is 30.8. The highest BCUT2D eigenvalue weighted by molar-refractivity contribution is 9.10. The van der Waals surface area contributed by atoms with E-state index in [0.29, 0.717) is 5.13 Å². The molecule has 0 bridgehead atoms. The van der Waals surface area contributed by atoms with Gasteiger partial charge in [0.1, 0.15) is 0 Å². The topological polar surface area (TPSA) is 71.1 Å². The number of thiazole rings is 1. The van der Waals surface area contributed by atoms with E-state index in [-0.39, 0.29) is 5.91 Å². The third kappa shape index (κ3) is 3.52. The quantitative estimate of drug-likeness (QED) is 0.539. The lowest BCUT2D eigenvalue weighted by Gasteiger charge is -2.31. The molecule has 27 heavy (non-hydrogen) atoms. The first-order valence-electron chi connectivity index (χ1n) is 8.08. The number of aromatic nitrogens is 1. The highest BCUT2D eigenvalue weighted by atomic mass is 79.9. The van der Waals surface area contributed by atoms with Gasteiger partial charge in [0, 0.05) is 20.3 Å². The molecule has 2 N–H and O–H groups in total. The fourth-order valence-corrected chi connectivity index (χ4v) is 4.70. The second-order valence-electron chi connectivity index (χ2n) is 6.08. The normalized spacial score (nSPS) is 18.5. The van der Waals surface area contributed by atoms with Gasteiger partial charge in [-0.25, -0.2) is 4.98 Å². The molecule has 0 spiro atoms. The van der Waals surface area contributed by atoms with Crippen molar-refractivity contribution >= 4 is 61.7 Å². The fourth-order valence-electron chi connectivity index (χ4n) is 2.62. The smallest absolute Gasteiger partial charge is 0.252 e. The van der Waals surface area contributed by atoms with Crippen molar-refractivity contribution in [2.45, 2.75) is 16.6 Å². The van der Waals surface area contributed by atoms with Gasteiger partial charge in [-0.15, -0.1) is 11.3 Å². The number of hydrogen-bond acceptors (Lipinski definition) is 5.